The minimum absolute atomic E-state index is 0.163. The molecule has 2 amide bonds. The van der Waals surface area contributed by atoms with Gasteiger partial charge in [-0.15, -0.1) is 0 Å². The van der Waals surface area contributed by atoms with E-state index < -0.39 is 11.8 Å². The van der Waals surface area contributed by atoms with Gasteiger partial charge in [0.25, 0.3) is 17.4 Å². The zero-order valence-corrected chi connectivity index (χ0v) is 11.0. The smallest absolute Gasteiger partial charge is 0.271 e. The molecule has 1 aromatic heterocycles. The summed E-state index contributed by atoms with van der Waals surface area (Å²) in [4.78, 5) is 36.5. The number of aromatic nitrogens is 1. The Morgan fingerprint density at radius 3 is 2.52 bits per heavy atom. The number of rotatable bonds is 5. The van der Waals surface area contributed by atoms with E-state index in [1.165, 1.54) is 36.5 Å². The lowest BCUT2D eigenvalue weighted by Gasteiger charge is -2.06. The molecule has 0 unspecified atom stereocenters. The Bertz CT molecular complexity index is 707. The topological polar surface area (TPSA) is 114 Å². The fraction of sp³-hybridized carbons (Fsp3) is 0.0714. The molecular formula is C14H13N3O4. The van der Waals surface area contributed by atoms with Gasteiger partial charge in [0.05, 0.1) is 0 Å². The molecule has 0 aliphatic heterocycles. The first kappa shape index (κ1) is 14.3. The highest BCUT2D eigenvalue weighted by atomic mass is 16.5. The van der Waals surface area contributed by atoms with Crippen LogP contribution in [-0.2, 0) is 4.79 Å². The molecule has 0 radical (unpaired) electrons. The summed E-state index contributed by atoms with van der Waals surface area (Å²) in [6.07, 6.45) is 1.48. The van der Waals surface area contributed by atoms with Crippen LogP contribution in [-0.4, -0.2) is 23.4 Å². The van der Waals surface area contributed by atoms with Gasteiger partial charge in [-0.3, -0.25) is 14.4 Å². The number of nitrogens with one attached hydrogen (secondary N) is 2. The van der Waals surface area contributed by atoms with Crippen molar-refractivity contribution in [3.05, 3.63) is 58.5 Å². The number of H-pyrrole nitrogens is 1. The zero-order valence-electron chi connectivity index (χ0n) is 11.0. The van der Waals surface area contributed by atoms with Gasteiger partial charge in [0.1, 0.15) is 11.4 Å². The summed E-state index contributed by atoms with van der Waals surface area (Å²) in [5, 5.41) is 2.50. The molecule has 108 valence electrons. The van der Waals surface area contributed by atoms with E-state index in [0.717, 1.165) is 0 Å². The maximum Gasteiger partial charge on any atom is 0.271 e. The summed E-state index contributed by atoms with van der Waals surface area (Å²) in [5.74, 6) is -0.587. The summed E-state index contributed by atoms with van der Waals surface area (Å²) < 4.78 is 5.08. The molecule has 7 heteroatoms. The van der Waals surface area contributed by atoms with Crippen LogP contribution < -0.4 is 21.3 Å². The van der Waals surface area contributed by atoms with E-state index in [-0.39, 0.29) is 17.9 Å². The van der Waals surface area contributed by atoms with Crippen LogP contribution in [0.1, 0.15) is 10.4 Å². The van der Waals surface area contributed by atoms with Crippen molar-refractivity contribution in [1.29, 1.82) is 0 Å². The minimum Gasteiger partial charge on any atom is -0.484 e. The van der Waals surface area contributed by atoms with Crippen LogP contribution in [0.4, 0.5) is 5.69 Å². The third-order valence-corrected chi connectivity index (χ3v) is 2.56. The predicted octanol–water partition coefficient (Wildman–Crippen LogP) is 0.491. The number of primary amides is 1. The maximum atomic E-state index is 12.0. The van der Waals surface area contributed by atoms with Gasteiger partial charge in [0.2, 0.25) is 0 Å². The Morgan fingerprint density at radius 2 is 1.90 bits per heavy atom. The van der Waals surface area contributed by atoms with E-state index in [1.54, 1.807) is 6.07 Å². The molecule has 7 nitrogen and oxygen atoms in total. The van der Waals surface area contributed by atoms with Gasteiger partial charge >= 0.3 is 0 Å². The first-order valence-electron chi connectivity index (χ1n) is 6.06. The van der Waals surface area contributed by atoms with Crippen LogP contribution in [0.25, 0.3) is 0 Å². The first-order chi connectivity index (χ1) is 10.1. The van der Waals surface area contributed by atoms with E-state index in [4.69, 9.17) is 10.5 Å². The molecule has 0 bridgehead atoms. The van der Waals surface area contributed by atoms with E-state index in [1.807, 2.05) is 0 Å². The third-order valence-electron chi connectivity index (χ3n) is 2.56. The van der Waals surface area contributed by atoms with Gasteiger partial charge in [-0.1, -0.05) is 0 Å². The fourth-order valence-electron chi connectivity index (χ4n) is 1.57. The van der Waals surface area contributed by atoms with Crippen molar-refractivity contribution >= 4 is 17.5 Å². The highest BCUT2D eigenvalue weighted by molar-refractivity contribution is 6.04. The Balaban J connectivity index is 2.05. The number of benzene rings is 1. The van der Waals surface area contributed by atoms with Crippen molar-refractivity contribution in [2.75, 3.05) is 11.9 Å². The summed E-state index contributed by atoms with van der Waals surface area (Å²) in [6.45, 7) is -0.231. The molecule has 1 heterocycles. The number of carbonyl (C=O) groups excluding carboxylic acids is 2. The van der Waals surface area contributed by atoms with Crippen LogP contribution in [0.15, 0.2) is 47.4 Å². The lowest BCUT2D eigenvalue weighted by Crippen LogP contribution is -2.20. The number of aromatic amines is 1. The van der Waals surface area contributed by atoms with Gasteiger partial charge in [-0.25, -0.2) is 0 Å². The largest absolute Gasteiger partial charge is 0.484 e. The number of hydrogen-bond acceptors (Lipinski definition) is 4. The number of anilines is 1. The van der Waals surface area contributed by atoms with Crippen LogP contribution in [0.5, 0.6) is 5.75 Å². The van der Waals surface area contributed by atoms with Gasteiger partial charge in [0.15, 0.2) is 6.61 Å². The SMILES string of the molecule is NC(=O)COc1ccc(C(=O)Nc2ccc[nH]c2=O)cc1. The van der Waals surface area contributed by atoms with Gasteiger partial charge in [0, 0.05) is 11.8 Å². The average Bonchev–Trinajstić information content (AvgIpc) is 2.48. The number of pyridine rings is 1. The number of carbonyl (C=O) groups is 2. The Morgan fingerprint density at radius 1 is 1.19 bits per heavy atom. The highest BCUT2D eigenvalue weighted by Gasteiger charge is 2.08. The zero-order chi connectivity index (χ0) is 15.2. The molecule has 2 rings (SSSR count). The van der Waals surface area contributed by atoms with Crippen molar-refractivity contribution in [1.82, 2.24) is 4.98 Å². The molecule has 0 atom stereocenters. The van der Waals surface area contributed by atoms with Crippen molar-refractivity contribution in [3.8, 4) is 5.75 Å². The quantitative estimate of drug-likeness (QED) is 0.742. The molecule has 21 heavy (non-hydrogen) atoms. The lowest BCUT2D eigenvalue weighted by atomic mass is 10.2. The molecule has 0 aliphatic rings. The second-order valence-corrected chi connectivity index (χ2v) is 4.15. The van der Waals surface area contributed by atoms with Crippen LogP contribution in [0.3, 0.4) is 0 Å². The lowest BCUT2D eigenvalue weighted by molar-refractivity contribution is -0.119. The molecular weight excluding hydrogens is 274 g/mol. The Kier molecular flexibility index (Phi) is 4.35. The molecule has 2 aromatic rings. The predicted molar refractivity (Wildman–Crippen MR) is 76.1 cm³/mol. The minimum atomic E-state index is -0.583. The van der Waals surface area contributed by atoms with E-state index in [9.17, 15) is 14.4 Å². The number of ether oxygens (including phenoxy) is 1. The van der Waals surface area contributed by atoms with Crippen LogP contribution in [0, 0.1) is 0 Å². The molecule has 0 fully saturated rings. The van der Waals surface area contributed by atoms with E-state index in [0.29, 0.717) is 11.3 Å². The molecule has 4 N–H and O–H groups in total. The number of nitrogens with two attached hydrogens (primary N) is 1. The van der Waals surface area contributed by atoms with Crippen molar-refractivity contribution in [3.63, 3.8) is 0 Å². The van der Waals surface area contributed by atoms with E-state index >= 15 is 0 Å². The summed E-state index contributed by atoms with van der Waals surface area (Å²) in [6, 6.07) is 9.21. The van der Waals surface area contributed by atoms with Gasteiger partial charge in [-0.2, -0.15) is 0 Å². The van der Waals surface area contributed by atoms with Crippen molar-refractivity contribution in [2.24, 2.45) is 5.73 Å². The number of amides is 2. The standard InChI is InChI=1S/C14H13N3O4/c15-12(18)8-21-10-5-3-9(4-6-10)13(19)17-11-2-1-7-16-14(11)20/h1-7H,8H2,(H2,15,18)(H,16,20)(H,17,19). The molecule has 0 aliphatic carbocycles. The van der Waals surface area contributed by atoms with Crippen LogP contribution in [0.2, 0.25) is 0 Å². The third kappa shape index (κ3) is 3.93. The molecule has 1 aromatic carbocycles. The molecule has 0 spiro atoms. The fourth-order valence-corrected chi connectivity index (χ4v) is 1.57. The first-order valence-corrected chi connectivity index (χ1v) is 6.06. The summed E-state index contributed by atoms with van der Waals surface area (Å²) in [7, 11) is 0. The normalized spacial score (nSPS) is 9.90. The molecule has 0 saturated heterocycles. The van der Waals surface area contributed by atoms with Crippen molar-refractivity contribution < 1.29 is 14.3 Å². The summed E-state index contributed by atoms with van der Waals surface area (Å²) in [5.41, 5.74) is 5.09. The Hall–Kier alpha value is -3.09. The van der Waals surface area contributed by atoms with E-state index in [2.05, 4.69) is 10.3 Å². The van der Waals surface area contributed by atoms with Crippen molar-refractivity contribution in [2.45, 2.75) is 0 Å². The Labute approximate surface area is 119 Å². The monoisotopic (exact) mass is 287 g/mol. The second kappa shape index (κ2) is 6.38. The van der Waals surface area contributed by atoms with Gasteiger partial charge < -0.3 is 20.8 Å². The highest BCUT2D eigenvalue weighted by Crippen LogP contribution is 2.13. The summed E-state index contributed by atoms with van der Waals surface area (Å²) >= 11 is 0. The van der Waals surface area contributed by atoms with Gasteiger partial charge in [-0.05, 0) is 36.4 Å². The average molecular weight is 287 g/mol. The second-order valence-electron chi connectivity index (χ2n) is 4.15. The van der Waals surface area contributed by atoms with Crippen LogP contribution >= 0.6 is 0 Å². The maximum absolute atomic E-state index is 12.0. The molecule has 0 saturated carbocycles. The number of hydrogen-bond donors (Lipinski definition) is 3.